The van der Waals surface area contributed by atoms with Gasteiger partial charge in [-0.1, -0.05) is 0 Å². The monoisotopic (exact) mass is 279 g/mol. The summed E-state index contributed by atoms with van der Waals surface area (Å²) in [6, 6.07) is 2.20. The van der Waals surface area contributed by atoms with E-state index in [0.29, 0.717) is 13.1 Å². The lowest BCUT2D eigenvalue weighted by Crippen LogP contribution is -2.23. The number of alkyl halides is 3. The minimum atomic E-state index is -4.23. The summed E-state index contributed by atoms with van der Waals surface area (Å²) in [5.74, 6) is 0. The Balaban J connectivity index is 1.58. The first-order valence-corrected chi connectivity index (χ1v) is 6.82. The van der Waals surface area contributed by atoms with E-state index in [-0.39, 0.29) is 6.61 Å². The molecule has 0 unspecified atom stereocenters. The Hall–Kier alpha value is -0.590. The van der Waals surface area contributed by atoms with Crippen molar-refractivity contribution in [1.82, 2.24) is 5.32 Å². The van der Waals surface area contributed by atoms with Crippen molar-refractivity contribution in [3.8, 4) is 0 Å². The molecule has 1 heterocycles. The van der Waals surface area contributed by atoms with Crippen LogP contribution in [0.3, 0.4) is 0 Å². The molecule has 2 rings (SSSR count). The van der Waals surface area contributed by atoms with Gasteiger partial charge in [-0.3, -0.25) is 0 Å². The van der Waals surface area contributed by atoms with Crippen LogP contribution in [0.1, 0.15) is 21.7 Å². The van der Waals surface area contributed by atoms with Crippen molar-refractivity contribution in [1.29, 1.82) is 0 Å². The van der Waals surface area contributed by atoms with Gasteiger partial charge >= 0.3 is 6.18 Å². The molecule has 6 heteroatoms. The third kappa shape index (κ3) is 4.26. The zero-order valence-corrected chi connectivity index (χ0v) is 10.8. The number of hydrogen-bond donors (Lipinski definition) is 1. The molecule has 0 atom stereocenters. The van der Waals surface area contributed by atoms with E-state index in [4.69, 9.17) is 0 Å². The fourth-order valence-electron chi connectivity index (χ4n) is 2.02. The Morgan fingerprint density at radius 1 is 1.33 bits per heavy atom. The maximum Gasteiger partial charge on any atom is 0.411 e. The molecule has 1 aromatic heterocycles. The molecule has 1 N–H and O–H groups in total. The average Bonchev–Trinajstić information content (AvgIpc) is 2.81. The minimum Gasteiger partial charge on any atom is -0.371 e. The molecule has 0 amide bonds. The first kappa shape index (κ1) is 13.8. The number of ether oxygens (including phenoxy) is 1. The second-order valence-corrected chi connectivity index (χ2v) is 5.58. The fraction of sp³-hybridized carbons (Fsp3) is 0.667. The molecular weight excluding hydrogens is 263 g/mol. The SMILES string of the molecule is FC(F)(F)COCCNCc1cc2c(s1)CCC2. The molecular formula is C12H16F3NOS. The quantitative estimate of drug-likeness (QED) is 0.808. The topological polar surface area (TPSA) is 21.3 Å². The first-order chi connectivity index (χ1) is 8.54. The number of fused-ring (bicyclic) bond motifs is 1. The molecule has 1 aromatic rings. The number of nitrogens with one attached hydrogen (secondary N) is 1. The molecule has 18 heavy (non-hydrogen) atoms. The maximum atomic E-state index is 11.8. The van der Waals surface area contributed by atoms with Crippen molar-refractivity contribution in [3.05, 3.63) is 21.4 Å². The van der Waals surface area contributed by atoms with Crippen LogP contribution < -0.4 is 5.32 Å². The lowest BCUT2D eigenvalue weighted by Gasteiger charge is -2.07. The Morgan fingerprint density at radius 3 is 2.89 bits per heavy atom. The van der Waals surface area contributed by atoms with Gasteiger partial charge in [0.2, 0.25) is 0 Å². The van der Waals surface area contributed by atoms with Gasteiger partial charge < -0.3 is 10.1 Å². The van der Waals surface area contributed by atoms with Crippen molar-refractivity contribution >= 4 is 11.3 Å². The summed E-state index contributed by atoms with van der Waals surface area (Å²) >= 11 is 1.81. The molecule has 0 bridgehead atoms. The molecule has 0 saturated heterocycles. The molecule has 1 aliphatic rings. The number of thiophene rings is 1. The largest absolute Gasteiger partial charge is 0.411 e. The Morgan fingerprint density at radius 2 is 2.17 bits per heavy atom. The van der Waals surface area contributed by atoms with Gasteiger partial charge in [-0.25, -0.2) is 0 Å². The smallest absolute Gasteiger partial charge is 0.371 e. The van der Waals surface area contributed by atoms with E-state index in [1.807, 2.05) is 0 Å². The van der Waals surface area contributed by atoms with Crippen LogP contribution in [0.4, 0.5) is 13.2 Å². The lowest BCUT2D eigenvalue weighted by molar-refractivity contribution is -0.173. The minimum absolute atomic E-state index is 0.0879. The highest BCUT2D eigenvalue weighted by molar-refractivity contribution is 7.12. The van der Waals surface area contributed by atoms with E-state index in [0.717, 1.165) is 0 Å². The third-order valence-corrected chi connectivity index (χ3v) is 4.02. The van der Waals surface area contributed by atoms with Gasteiger partial charge in [-0.05, 0) is 30.9 Å². The van der Waals surface area contributed by atoms with Crippen LogP contribution in [0.2, 0.25) is 0 Å². The van der Waals surface area contributed by atoms with Gasteiger partial charge in [-0.15, -0.1) is 11.3 Å². The summed E-state index contributed by atoms with van der Waals surface area (Å²) in [5.41, 5.74) is 1.45. The van der Waals surface area contributed by atoms with Crippen LogP contribution in [0.25, 0.3) is 0 Å². The molecule has 0 aliphatic heterocycles. The summed E-state index contributed by atoms with van der Waals surface area (Å²) in [5, 5.41) is 3.09. The van der Waals surface area contributed by atoms with Crippen molar-refractivity contribution in [3.63, 3.8) is 0 Å². The van der Waals surface area contributed by atoms with Gasteiger partial charge in [0.15, 0.2) is 0 Å². The summed E-state index contributed by atoms with van der Waals surface area (Å²) in [7, 11) is 0. The number of hydrogen-bond acceptors (Lipinski definition) is 3. The fourth-order valence-corrected chi connectivity index (χ4v) is 3.25. The second-order valence-electron chi connectivity index (χ2n) is 4.36. The van der Waals surface area contributed by atoms with Crippen LogP contribution in [0.15, 0.2) is 6.07 Å². The molecule has 0 fully saturated rings. The standard InChI is InChI=1S/C12H16F3NOS/c13-12(14,15)8-17-5-4-16-7-10-6-9-2-1-3-11(9)18-10/h6,16H,1-5,7-8H2. The average molecular weight is 279 g/mol. The number of rotatable bonds is 6. The van der Waals surface area contributed by atoms with Crippen LogP contribution in [-0.4, -0.2) is 25.9 Å². The highest BCUT2D eigenvalue weighted by Gasteiger charge is 2.27. The van der Waals surface area contributed by atoms with E-state index in [2.05, 4.69) is 16.1 Å². The van der Waals surface area contributed by atoms with Crippen molar-refractivity contribution < 1.29 is 17.9 Å². The summed E-state index contributed by atoms with van der Waals surface area (Å²) in [4.78, 5) is 2.73. The van der Waals surface area contributed by atoms with Crippen molar-refractivity contribution in [2.75, 3.05) is 19.8 Å². The Bertz CT molecular complexity index is 368. The lowest BCUT2D eigenvalue weighted by atomic mass is 10.2. The van der Waals surface area contributed by atoms with Gasteiger partial charge in [0.25, 0.3) is 0 Å². The van der Waals surface area contributed by atoms with Gasteiger partial charge in [0.1, 0.15) is 6.61 Å². The molecule has 1 aliphatic carbocycles. The van der Waals surface area contributed by atoms with Crippen LogP contribution >= 0.6 is 11.3 Å². The first-order valence-electron chi connectivity index (χ1n) is 6.00. The molecule has 0 spiro atoms. The zero-order chi connectivity index (χ0) is 13.0. The predicted molar refractivity (Wildman–Crippen MR) is 64.9 cm³/mol. The summed E-state index contributed by atoms with van der Waals surface area (Å²) in [6.07, 6.45) is -0.635. The van der Waals surface area contributed by atoms with Crippen LogP contribution in [0, 0.1) is 0 Å². The zero-order valence-electron chi connectivity index (χ0n) is 9.98. The molecule has 102 valence electrons. The Labute approximate surface area is 108 Å². The summed E-state index contributed by atoms with van der Waals surface area (Å²) in [6.45, 7) is 0.0816. The summed E-state index contributed by atoms with van der Waals surface area (Å²) < 4.78 is 39.8. The highest BCUT2D eigenvalue weighted by Crippen LogP contribution is 2.30. The van der Waals surface area contributed by atoms with Crippen LogP contribution in [-0.2, 0) is 24.1 Å². The predicted octanol–water partition coefficient (Wildman–Crippen LogP) is 2.91. The Kier molecular flexibility index (Phi) is 4.64. The number of aryl methyl sites for hydroxylation is 2. The van der Waals surface area contributed by atoms with E-state index in [1.54, 1.807) is 11.3 Å². The van der Waals surface area contributed by atoms with Gasteiger partial charge in [0.05, 0.1) is 6.61 Å². The van der Waals surface area contributed by atoms with Crippen molar-refractivity contribution in [2.24, 2.45) is 0 Å². The number of halogens is 3. The highest BCUT2D eigenvalue weighted by atomic mass is 32.1. The van der Waals surface area contributed by atoms with E-state index in [1.165, 1.54) is 34.6 Å². The molecule has 0 aromatic carbocycles. The van der Waals surface area contributed by atoms with Crippen LogP contribution in [0.5, 0.6) is 0 Å². The second kappa shape index (κ2) is 6.04. The molecule has 2 nitrogen and oxygen atoms in total. The molecule has 0 saturated carbocycles. The normalized spacial score (nSPS) is 15.1. The van der Waals surface area contributed by atoms with Gasteiger partial charge in [0, 0.05) is 22.8 Å². The van der Waals surface area contributed by atoms with Gasteiger partial charge in [-0.2, -0.15) is 13.2 Å². The maximum absolute atomic E-state index is 11.8. The van der Waals surface area contributed by atoms with E-state index >= 15 is 0 Å². The molecule has 0 radical (unpaired) electrons. The third-order valence-electron chi connectivity index (χ3n) is 2.79. The van der Waals surface area contributed by atoms with E-state index in [9.17, 15) is 13.2 Å². The van der Waals surface area contributed by atoms with E-state index < -0.39 is 12.8 Å². The van der Waals surface area contributed by atoms with Crippen molar-refractivity contribution in [2.45, 2.75) is 32.0 Å².